The number of benzene rings is 4. The first kappa shape index (κ1) is 36.5. The average molecular weight is 709 g/mol. The molecule has 0 amide bonds. The normalized spacial score (nSPS) is 11.1. The molecule has 0 atom stereocenters. The Morgan fingerprint density at radius 2 is 1.12 bits per heavy atom. The van der Waals surface area contributed by atoms with Gasteiger partial charge in [-0.25, -0.2) is 8.78 Å². The molecule has 266 valence electrons. The van der Waals surface area contributed by atoms with Crippen molar-refractivity contribution in [1.82, 2.24) is 20.3 Å². The van der Waals surface area contributed by atoms with E-state index in [0.29, 0.717) is 40.9 Å². The predicted octanol–water partition coefficient (Wildman–Crippen LogP) is 9.48. The van der Waals surface area contributed by atoms with Crippen molar-refractivity contribution in [3.8, 4) is 62.9 Å². The number of ether oxygens (including phenoxy) is 3. The molecule has 14 heteroatoms. The third-order valence-electron chi connectivity index (χ3n) is 7.20. The maximum Gasteiger partial charge on any atom is 0.419 e. The molecule has 9 nitrogen and oxygen atoms in total. The van der Waals surface area contributed by atoms with E-state index in [1.165, 1.54) is 6.07 Å². The Morgan fingerprint density at radius 1 is 0.588 bits per heavy atom. The number of aryl methyl sites for hydroxylation is 1. The predicted molar refractivity (Wildman–Crippen MR) is 179 cm³/mol. The zero-order chi connectivity index (χ0) is 36.2. The Hall–Kier alpha value is -5.79. The Morgan fingerprint density at radius 3 is 1.67 bits per heavy atom. The minimum absolute atomic E-state index is 0.0157. The Labute approximate surface area is 290 Å². The SMILES string of the molecule is CCOc1cc(-c2nc(-c3ccccc3)no2)ccc1OCCF.CCc1ccc(-c2noc(-c3ccc(OCCF)c(C(F)(F)F)c3)n2)cc1. The molecule has 0 fully saturated rings. The van der Waals surface area contributed by atoms with Crippen molar-refractivity contribution in [2.75, 3.05) is 33.2 Å². The van der Waals surface area contributed by atoms with E-state index in [1.54, 1.807) is 18.2 Å². The van der Waals surface area contributed by atoms with Gasteiger partial charge in [-0.3, -0.25) is 0 Å². The number of hydrogen-bond acceptors (Lipinski definition) is 9. The Balaban J connectivity index is 0.000000199. The molecule has 6 aromatic rings. The monoisotopic (exact) mass is 708 g/mol. The van der Waals surface area contributed by atoms with Crippen LogP contribution in [-0.2, 0) is 12.6 Å². The lowest BCUT2D eigenvalue weighted by molar-refractivity contribution is -0.138. The van der Waals surface area contributed by atoms with Crippen LogP contribution < -0.4 is 14.2 Å². The molecule has 2 aromatic heterocycles. The molecule has 6 rings (SSSR count). The van der Waals surface area contributed by atoms with Crippen LogP contribution in [0.4, 0.5) is 22.0 Å². The van der Waals surface area contributed by atoms with Crippen molar-refractivity contribution in [2.45, 2.75) is 26.4 Å². The summed E-state index contributed by atoms with van der Waals surface area (Å²) in [4.78, 5) is 8.58. The molecule has 0 aliphatic rings. The molecular formula is C37H33F5N4O5. The lowest BCUT2D eigenvalue weighted by Crippen LogP contribution is -2.10. The highest BCUT2D eigenvalue weighted by molar-refractivity contribution is 5.64. The number of halogens is 5. The molecule has 4 aromatic carbocycles. The maximum absolute atomic E-state index is 13.3. The van der Waals surface area contributed by atoms with Gasteiger partial charge in [-0.15, -0.1) is 0 Å². The fourth-order valence-electron chi connectivity index (χ4n) is 4.73. The van der Waals surface area contributed by atoms with Gasteiger partial charge in [0.1, 0.15) is 32.3 Å². The molecule has 51 heavy (non-hydrogen) atoms. The van der Waals surface area contributed by atoms with Crippen LogP contribution in [0.3, 0.4) is 0 Å². The second-order valence-electron chi connectivity index (χ2n) is 10.6. The fourth-order valence-corrected chi connectivity index (χ4v) is 4.73. The van der Waals surface area contributed by atoms with Crippen molar-refractivity contribution in [2.24, 2.45) is 0 Å². The highest BCUT2D eigenvalue weighted by Crippen LogP contribution is 2.39. The summed E-state index contributed by atoms with van der Waals surface area (Å²) in [7, 11) is 0. The van der Waals surface area contributed by atoms with Crippen LogP contribution in [0.15, 0.2) is 100 Å². The number of hydrogen-bond donors (Lipinski definition) is 0. The average Bonchev–Trinajstić information content (AvgIpc) is 3.85. The first-order chi connectivity index (χ1) is 24.7. The van der Waals surface area contributed by atoms with Gasteiger partial charge in [-0.1, -0.05) is 71.8 Å². The zero-order valence-corrected chi connectivity index (χ0v) is 27.6. The summed E-state index contributed by atoms with van der Waals surface area (Å²) >= 11 is 0. The highest BCUT2D eigenvalue weighted by Gasteiger charge is 2.35. The van der Waals surface area contributed by atoms with E-state index < -0.39 is 37.4 Å². The van der Waals surface area contributed by atoms with E-state index in [-0.39, 0.29) is 23.9 Å². The van der Waals surface area contributed by atoms with Crippen LogP contribution in [0, 0.1) is 0 Å². The van der Waals surface area contributed by atoms with Crippen molar-refractivity contribution in [1.29, 1.82) is 0 Å². The zero-order valence-electron chi connectivity index (χ0n) is 27.6. The topological polar surface area (TPSA) is 106 Å². The van der Waals surface area contributed by atoms with Crippen LogP contribution in [0.5, 0.6) is 17.2 Å². The number of alkyl halides is 5. The van der Waals surface area contributed by atoms with E-state index in [0.717, 1.165) is 29.7 Å². The first-order valence-electron chi connectivity index (χ1n) is 15.9. The molecule has 0 bridgehead atoms. The number of rotatable bonds is 13. The summed E-state index contributed by atoms with van der Waals surface area (Å²) in [5.41, 5.74) is 2.49. The molecule has 0 N–H and O–H groups in total. The van der Waals surface area contributed by atoms with Gasteiger partial charge in [-0.2, -0.15) is 23.1 Å². The Kier molecular flexibility index (Phi) is 12.3. The summed E-state index contributed by atoms with van der Waals surface area (Å²) in [5.74, 6) is 1.68. The van der Waals surface area contributed by atoms with Crippen molar-refractivity contribution in [3.63, 3.8) is 0 Å². The quantitative estimate of drug-likeness (QED) is 0.109. The van der Waals surface area contributed by atoms with Gasteiger partial charge in [0, 0.05) is 22.3 Å². The maximum atomic E-state index is 13.3. The van der Waals surface area contributed by atoms with Crippen LogP contribution in [0.2, 0.25) is 0 Å². The summed E-state index contributed by atoms with van der Waals surface area (Å²) in [5, 5.41) is 7.84. The minimum Gasteiger partial charge on any atom is -0.490 e. The van der Waals surface area contributed by atoms with Crippen LogP contribution in [0.25, 0.3) is 45.7 Å². The van der Waals surface area contributed by atoms with E-state index in [4.69, 9.17) is 23.3 Å². The van der Waals surface area contributed by atoms with E-state index >= 15 is 0 Å². The third-order valence-corrected chi connectivity index (χ3v) is 7.20. The number of nitrogens with zero attached hydrogens (tertiary/aromatic N) is 4. The number of aromatic nitrogens is 4. The van der Waals surface area contributed by atoms with Gasteiger partial charge in [0.2, 0.25) is 11.6 Å². The van der Waals surface area contributed by atoms with Crippen LogP contribution in [-0.4, -0.2) is 53.5 Å². The van der Waals surface area contributed by atoms with Gasteiger partial charge in [0.15, 0.2) is 11.5 Å². The fraction of sp³-hybridized carbons (Fsp3) is 0.243. The van der Waals surface area contributed by atoms with Crippen molar-refractivity contribution < 1.29 is 45.2 Å². The van der Waals surface area contributed by atoms with Crippen molar-refractivity contribution in [3.05, 3.63) is 102 Å². The lowest BCUT2D eigenvalue weighted by Gasteiger charge is -2.13. The Bertz CT molecular complexity index is 1980. The van der Waals surface area contributed by atoms with Gasteiger partial charge in [-0.05, 0) is 55.3 Å². The first-order valence-corrected chi connectivity index (χ1v) is 15.9. The lowest BCUT2D eigenvalue weighted by atomic mass is 10.1. The second-order valence-corrected chi connectivity index (χ2v) is 10.6. The van der Waals surface area contributed by atoms with E-state index in [1.807, 2.05) is 68.4 Å². The summed E-state index contributed by atoms with van der Waals surface area (Å²) < 4.78 is 90.5. The highest BCUT2D eigenvalue weighted by atomic mass is 19.4. The summed E-state index contributed by atoms with van der Waals surface area (Å²) in [6.07, 6.45) is -3.78. The van der Waals surface area contributed by atoms with E-state index in [9.17, 15) is 22.0 Å². The molecule has 0 aliphatic heterocycles. The van der Waals surface area contributed by atoms with Gasteiger partial charge >= 0.3 is 6.18 Å². The summed E-state index contributed by atoms with van der Waals surface area (Å²) in [6, 6.07) is 25.6. The molecule has 0 radical (unpaired) electrons. The molecule has 0 saturated heterocycles. The largest absolute Gasteiger partial charge is 0.490 e. The summed E-state index contributed by atoms with van der Waals surface area (Å²) in [6.45, 7) is 2.44. The smallest absolute Gasteiger partial charge is 0.419 e. The van der Waals surface area contributed by atoms with Crippen LogP contribution >= 0.6 is 0 Å². The minimum atomic E-state index is -4.67. The molecular weight excluding hydrogens is 675 g/mol. The second kappa shape index (κ2) is 17.2. The molecule has 0 aliphatic carbocycles. The van der Waals surface area contributed by atoms with Crippen LogP contribution in [0.1, 0.15) is 25.0 Å². The standard InChI is InChI=1S/C19H16F4N2O2.C18H17FN2O3/c1-2-12-3-5-13(6-4-12)17-24-18(27-25-17)14-7-8-16(26-10-9-20)15(11-14)19(21,22)23;1-2-22-16-12-14(8-9-15(16)23-11-10-19)18-20-17(21-24-18)13-6-4-3-5-7-13/h3-8,11H,2,9-10H2,1H3;3-9,12H,2,10-11H2,1H3. The van der Waals surface area contributed by atoms with Crippen molar-refractivity contribution >= 4 is 0 Å². The van der Waals surface area contributed by atoms with Gasteiger partial charge in [0.25, 0.3) is 11.8 Å². The molecule has 0 saturated carbocycles. The molecule has 0 unspecified atom stereocenters. The van der Waals surface area contributed by atoms with E-state index in [2.05, 4.69) is 20.3 Å². The molecule has 2 heterocycles. The molecule has 0 spiro atoms. The van der Waals surface area contributed by atoms with Gasteiger partial charge in [0.05, 0.1) is 12.2 Å². The third kappa shape index (κ3) is 9.47. The van der Waals surface area contributed by atoms with Gasteiger partial charge < -0.3 is 23.3 Å².